The summed E-state index contributed by atoms with van der Waals surface area (Å²) in [5.41, 5.74) is 0.484. The summed E-state index contributed by atoms with van der Waals surface area (Å²) in [6.45, 7) is 1.77. The van der Waals surface area contributed by atoms with E-state index < -0.39 is 5.92 Å². The van der Waals surface area contributed by atoms with Crippen molar-refractivity contribution < 1.29 is 14.0 Å². The molecule has 2 amide bonds. The van der Waals surface area contributed by atoms with Crippen LogP contribution in [0.3, 0.4) is 0 Å². The van der Waals surface area contributed by atoms with Gasteiger partial charge in [0.2, 0.25) is 11.8 Å². The number of imide groups is 1. The molecule has 1 fully saturated rings. The minimum absolute atomic E-state index is 0.147. The first-order valence-corrected chi connectivity index (χ1v) is 5.17. The highest BCUT2D eigenvalue weighted by atomic mass is 19.1. The predicted octanol–water partition coefficient (Wildman–Crippen LogP) is 1.59. The molecule has 0 saturated carbocycles. The number of amides is 2. The summed E-state index contributed by atoms with van der Waals surface area (Å²) in [6, 6.07) is 6.34. The Morgan fingerprint density at radius 2 is 2.06 bits per heavy atom. The Hall–Kier alpha value is -1.71. The van der Waals surface area contributed by atoms with Gasteiger partial charge in [-0.15, -0.1) is 0 Å². The van der Waals surface area contributed by atoms with Crippen LogP contribution in [0, 0.1) is 11.7 Å². The molecule has 3 nitrogen and oxygen atoms in total. The molecule has 0 aliphatic carbocycles. The normalized spacial score (nSPS) is 22.0. The average Bonchev–Trinajstić information content (AvgIpc) is 2.58. The van der Waals surface area contributed by atoms with Crippen LogP contribution in [0.4, 0.5) is 4.39 Å². The Kier molecular flexibility index (Phi) is 2.73. The van der Waals surface area contributed by atoms with Crippen molar-refractivity contribution in [3.05, 3.63) is 35.6 Å². The number of hydrogen-bond donors (Lipinski definition) is 1. The SMILES string of the molecule is CC(c1ccccc1F)C1CC(=O)NC1=O. The molecular weight excluding hydrogens is 209 g/mol. The summed E-state index contributed by atoms with van der Waals surface area (Å²) in [7, 11) is 0. The lowest BCUT2D eigenvalue weighted by atomic mass is 9.86. The topological polar surface area (TPSA) is 46.2 Å². The van der Waals surface area contributed by atoms with Crippen molar-refractivity contribution in [2.75, 3.05) is 0 Å². The van der Waals surface area contributed by atoms with Crippen LogP contribution in [0.2, 0.25) is 0 Å². The van der Waals surface area contributed by atoms with Crippen LogP contribution in [0.25, 0.3) is 0 Å². The molecule has 1 N–H and O–H groups in total. The monoisotopic (exact) mass is 221 g/mol. The van der Waals surface area contributed by atoms with Crippen LogP contribution >= 0.6 is 0 Å². The first-order valence-electron chi connectivity index (χ1n) is 5.17. The molecule has 1 heterocycles. The van der Waals surface area contributed by atoms with Gasteiger partial charge >= 0.3 is 0 Å². The largest absolute Gasteiger partial charge is 0.296 e. The molecule has 1 aromatic rings. The first-order chi connectivity index (χ1) is 7.59. The molecule has 0 aromatic heterocycles. The number of rotatable bonds is 2. The van der Waals surface area contributed by atoms with E-state index in [4.69, 9.17) is 0 Å². The lowest BCUT2D eigenvalue weighted by molar-refractivity contribution is -0.126. The molecule has 2 atom stereocenters. The molecule has 2 rings (SSSR count). The fourth-order valence-electron chi connectivity index (χ4n) is 2.04. The predicted molar refractivity (Wildman–Crippen MR) is 56.1 cm³/mol. The number of hydrogen-bond acceptors (Lipinski definition) is 2. The zero-order valence-corrected chi connectivity index (χ0v) is 8.87. The van der Waals surface area contributed by atoms with Gasteiger partial charge in [0, 0.05) is 6.42 Å². The van der Waals surface area contributed by atoms with E-state index in [9.17, 15) is 14.0 Å². The number of halogens is 1. The number of benzene rings is 1. The lowest BCUT2D eigenvalue weighted by Gasteiger charge is -2.16. The van der Waals surface area contributed by atoms with Crippen molar-refractivity contribution in [3.63, 3.8) is 0 Å². The van der Waals surface area contributed by atoms with E-state index in [1.807, 2.05) is 0 Å². The third kappa shape index (κ3) is 1.83. The maximum absolute atomic E-state index is 13.5. The molecule has 84 valence electrons. The second-order valence-corrected chi connectivity index (χ2v) is 4.03. The molecular formula is C12H12FNO2. The number of nitrogens with one attached hydrogen (secondary N) is 1. The highest BCUT2D eigenvalue weighted by Crippen LogP contribution is 2.31. The molecule has 1 aromatic carbocycles. The summed E-state index contributed by atoms with van der Waals surface area (Å²) in [4.78, 5) is 22.5. The van der Waals surface area contributed by atoms with E-state index in [1.54, 1.807) is 25.1 Å². The van der Waals surface area contributed by atoms with Gasteiger partial charge < -0.3 is 0 Å². The summed E-state index contributed by atoms with van der Waals surface area (Å²) in [6.07, 6.45) is 0.147. The van der Waals surface area contributed by atoms with Crippen molar-refractivity contribution in [1.29, 1.82) is 0 Å². The van der Waals surface area contributed by atoms with Crippen molar-refractivity contribution in [2.45, 2.75) is 19.3 Å². The molecule has 16 heavy (non-hydrogen) atoms. The standard InChI is InChI=1S/C12H12FNO2/c1-7(8-4-2-3-5-10(8)13)9-6-11(15)14-12(9)16/h2-5,7,9H,6H2,1H3,(H,14,15,16). The molecule has 0 bridgehead atoms. The second-order valence-electron chi connectivity index (χ2n) is 4.03. The van der Waals surface area contributed by atoms with Crippen LogP contribution in [0.15, 0.2) is 24.3 Å². The zero-order chi connectivity index (χ0) is 11.7. The van der Waals surface area contributed by atoms with E-state index in [-0.39, 0.29) is 30.0 Å². The van der Waals surface area contributed by atoms with E-state index in [0.717, 1.165) is 0 Å². The average molecular weight is 221 g/mol. The molecule has 1 aliphatic rings. The molecule has 4 heteroatoms. The zero-order valence-electron chi connectivity index (χ0n) is 8.87. The van der Waals surface area contributed by atoms with Gasteiger partial charge in [0.25, 0.3) is 0 Å². The van der Waals surface area contributed by atoms with Crippen LogP contribution in [-0.4, -0.2) is 11.8 Å². The third-order valence-corrected chi connectivity index (χ3v) is 3.00. The van der Waals surface area contributed by atoms with Gasteiger partial charge in [0.1, 0.15) is 5.82 Å². The van der Waals surface area contributed by atoms with Crippen LogP contribution in [0.1, 0.15) is 24.8 Å². The summed E-state index contributed by atoms with van der Waals surface area (Å²) in [5.74, 6) is -1.65. The van der Waals surface area contributed by atoms with Crippen LogP contribution in [0.5, 0.6) is 0 Å². The summed E-state index contributed by atoms with van der Waals surface area (Å²) >= 11 is 0. The smallest absolute Gasteiger partial charge is 0.230 e. The Morgan fingerprint density at radius 1 is 1.38 bits per heavy atom. The minimum Gasteiger partial charge on any atom is -0.296 e. The molecule has 0 spiro atoms. The van der Waals surface area contributed by atoms with Crippen molar-refractivity contribution in [3.8, 4) is 0 Å². The minimum atomic E-state index is -0.454. The van der Waals surface area contributed by atoms with Crippen LogP contribution in [-0.2, 0) is 9.59 Å². The Bertz CT molecular complexity index is 444. The summed E-state index contributed by atoms with van der Waals surface area (Å²) < 4.78 is 13.5. The Balaban J connectivity index is 2.26. The highest BCUT2D eigenvalue weighted by Gasteiger charge is 2.36. The summed E-state index contributed by atoms with van der Waals surface area (Å²) in [5, 5.41) is 2.24. The highest BCUT2D eigenvalue weighted by molar-refractivity contribution is 6.03. The van der Waals surface area contributed by atoms with Gasteiger partial charge in [0.05, 0.1) is 5.92 Å². The quantitative estimate of drug-likeness (QED) is 0.771. The second kappa shape index (κ2) is 4.04. The van der Waals surface area contributed by atoms with Gasteiger partial charge in [-0.3, -0.25) is 14.9 Å². The fraction of sp³-hybridized carbons (Fsp3) is 0.333. The van der Waals surface area contributed by atoms with E-state index in [1.165, 1.54) is 6.07 Å². The number of carbonyl (C=O) groups is 2. The molecule has 1 aliphatic heterocycles. The van der Waals surface area contributed by atoms with Gasteiger partial charge in [-0.25, -0.2) is 4.39 Å². The van der Waals surface area contributed by atoms with Crippen molar-refractivity contribution >= 4 is 11.8 Å². The van der Waals surface area contributed by atoms with Crippen LogP contribution < -0.4 is 5.32 Å². The van der Waals surface area contributed by atoms with Gasteiger partial charge in [0.15, 0.2) is 0 Å². The maximum Gasteiger partial charge on any atom is 0.230 e. The molecule has 2 unspecified atom stereocenters. The Labute approximate surface area is 92.7 Å². The number of carbonyl (C=O) groups excluding carboxylic acids is 2. The van der Waals surface area contributed by atoms with E-state index in [0.29, 0.717) is 5.56 Å². The lowest BCUT2D eigenvalue weighted by Crippen LogP contribution is -2.24. The Morgan fingerprint density at radius 3 is 2.62 bits per heavy atom. The van der Waals surface area contributed by atoms with Crippen molar-refractivity contribution in [1.82, 2.24) is 5.32 Å². The first kappa shape index (κ1) is 10.8. The van der Waals surface area contributed by atoms with Gasteiger partial charge in [-0.1, -0.05) is 25.1 Å². The van der Waals surface area contributed by atoms with E-state index >= 15 is 0 Å². The third-order valence-electron chi connectivity index (χ3n) is 3.00. The van der Waals surface area contributed by atoms with E-state index in [2.05, 4.69) is 5.32 Å². The fourth-order valence-corrected chi connectivity index (χ4v) is 2.04. The molecule has 1 saturated heterocycles. The maximum atomic E-state index is 13.5. The molecule has 0 radical (unpaired) electrons. The van der Waals surface area contributed by atoms with Gasteiger partial charge in [-0.05, 0) is 17.5 Å². The van der Waals surface area contributed by atoms with Crippen molar-refractivity contribution in [2.24, 2.45) is 5.92 Å². The van der Waals surface area contributed by atoms with Gasteiger partial charge in [-0.2, -0.15) is 0 Å².